The lowest BCUT2D eigenvalue weighted by atomic mass is 10.4. The van der Waals surface area contributed by atoms with Crippen LogP contribution in [-0.4, -0.2) is 20.5 Å². The van der Waals surface area contributed by atoms with Crippen LogP contribution in [0.25, 0.3) is 0 Å². The van der Waals surface area contributed by atoms with Gasteiger partial charge in [0.15, 0.2) is 5.16 Å². The number of nitrogens with zero attached hydrogens (tertiary/aromatic N) is 3. The van der Waals surface area contributed by atoms with E-state index in [9.17, 15) is 0 Å². The Morgan fingerprint density at radius 3 is 2.69 bits per heavy atom. The van der Waals surface area contributed by atoms with Crippen molar-refractivity contribution in [3.8, 4) is 0 Å². The molecule has 2 aliphatic rings. The Morgan fingerprint density at radius 2 is 2.12 bits per heavy atom. The van der Waals surface area contributed by atoms with Crippen LogP contribution in [0.1, 0.15) is 43.5 Å². The van der Waals surface area contributed by atoms with Crippen molar-refractivity contribution < 1.29 is 0 Å². The fourth-order valence-electron chi connectivity index (χ4n) is 1.83. The minimum atomic E-state index is 0.650. The SMILES string of the molecule is C=C(Cl)CSc1nnc(C2CC2)n1C1CC1. The molecule has 2 fully saturated rings. The summed E-state index contributed by atoms with van der Waals surface area (Å²) in [4.78, 5) is 0. The number of halogens is 1. The molecule has 0 aromatic carbocycles. The molecule has 0 bridgehead atoms. The second-order valence-electron chi connectivity index (χ2n) is 4.52. The second kappa shape index (κ2) is 4.08. The first kappa shape index (κ1) is 10.7. The van der Waals surface area contributed by atoms with Crippen LogP contribution >= 0.6 is 23.4 Å². The van der Waals surface area contributed by atoms with Gasteiger partial charge in [0, 0.05) is 22.7 Å². The van der Waals surface area contributed by atoms with E-state index in [0.717, 1.165) is 10.9 Å². The van der Waals surface area contributed by atoms with Gasteiger partial charge in [-0.25, -0.2) is 0 Å². The molecule has 1 heterocycles. The van der Waals surface area contributed by atoms with Gasteiger partial charge < -0.3 is 4.57 Å². The predicted molar refractivity (Wildman–Crippen MR) is 66.0 cm³/mol. The number of thioether (sulfide) groups is 1. The standard InChI is InChI=1S/C11H14ClN3S/c1-7(12)6-16-11-14-13-10(8-2-3-8)15(11)9-4-5-9/h8-9H,1-6H2. The first-order valence-corrected chi connectivity index (χ1v) is 7.03. The third kappa shape index (κ3) is 2.13. The van der Waals surface area contributed by atoms with Crippen LogP contribution < -0.4 is 0 Å². The Bertz CT molecular complexity index is 421. The molecule has 2 aliphatic carbocycles. The molecule has 86 valence electrons. The lowest BCUT2D eigenvalue weighted by Gasteiger charge is -2.07. The van der Waals surface area contributed by atoms with Crippen molar-refractivity contribution in [3.63, 3.8) is 0 Å². The van der Waals surface area contributed by atoms with Gasteiger partial charge in [-0.2, -0.15) is 0 Å². The van der Waals surface area contributed by atoms with Crippen LogP contribution in [0, 0.1) is 0 Å². The highest BCUT2D eigenvalue weighted by Gasteiger charge is 2.36. The van der Waals surface area contributed by atoms with Gasteiger partial charge in [-0.05, 0) is 25.7 Å². The smallest absolute Gasteiger partial charge is 0.191 e. The summed E-state index contributed by atoms with van der Waals surface area (Å²) in [5.74, 6) is 2.59. The maximum atomic E-state index is 5.78. The van der Waals surface area contributed by atoms with E-state index in [-0.39, 0.29) is 0 Å². The van der Waals surface area contributed by atoms with Crippen molar-refractivity contribution in [2.45, 2.75) is 42.8 Å². The summed E-state index contributed by atoms with van der Waals surface area (Å²) in [7, 11) is 0. The van der Waals surface area contributed by atoms with Crippen LogP contribution in [-0.2, 0) is 0 Å². The average molecular weight is 256 g/mol. The van der Waals surface area contributed by atoms with E-state index in [2.05, 4.69) is 21.3 Å². The van der Waals surface area contributed by atoms with Gasteiger partial charge in [0.2, 0.25) is 0 Å². The molecule has 0 unspecified atom stereocenters. The molecule has 0 atom stereocenters. The Labute approximate surface area is 104 Å². The molecule has 3 rings (SSSR count). The van der Waals surface area contributed by atoms with Gasteiger partial charge in [-0.3, -0.25) is 0 Å². The number of hydrogen-bond donors (Lipinski definition) is 0. The molecule has 0 spiro atoms. The fraction of sp³-hybridized carbons (Fsp3) is 0.636. The van der Waals surface area contributed by atoms with Crippen molar-refractivity contribution in [2.24, 2.45) is 0 Å². The molecule has 1 aromatic rings. The Balaban J connectivity index is 1.82. The van der Waals surface area contributed by atoms with E-state index < -0.39 is 0 Å². The van der Waals surface area contributed by atoms with E-state index in [1.165, 1.54) is 31.5 Å². The Kier molecular flexibility index (Phi) is 2.72. The highest BCUT2D eigenvalue weighted by Crippen LogP contribution is 2.46. The summed E-state index contributed by atoms with van der Waals surface area (Å²) in [6, 6.07) is 0.650. The highest BCUT2D eigenvalue weighted by molar-refractivity contribution is 7.99. The van der Waals surface area contributed by atoms with E-state index in [0.29, 0.717) is 17.0 Å². The summed E-state index contributed by atoms with van der Waals surface area (Å²) < 4.78 is 2.34. The third-order valence-corrected chi connectivity index (χ3v) is 4.22. The molecular formula is C11H14ClN3S. The predicted octanol–water partition coefficient (Wildman–Crippen LogP) is 3.34. The zero-order valence-electron chi connectivity index (χ0n) is 9.03. The van der Waals surface area contributed by atoms with Crippen LogP contribution in [0.2, 0.25) is 0 Å². The molecule has 0 aliphatic heterocycles. The lowest BCUT2D eigenvalue weighted by Crippen LogP contribution is -2.02. The number of hydrogen-bond acceptors (Lipinski definition) is 3. The summed E-state index contributed by atoms with van der Waals surface area (Å²) >= 11 is 7.43. The quantitative estimate of drug-likeness (QED) is 0.756. The lowest BCUT2D eigenvalue weighted by molar-refractivity contribution is 0.627. The molecule has 0 radical (unpaired) electrons. The monoisotopic (exact) mass is 255 g/mol. The average Bonchev–Trinajstić information content (AvgIpc) is 3.13. The molecule has 3 nitrogen and oxygen atoms in total. The van der Waals surface area contributed by atoms with Crippen molar-refractivity contribution in [1.82, 2.24) is 14.8 Å². The highest BCUT2D eigenvalue weighted by atomic mass is 35.5. The van der Waals surface area contributed by atoms with Crippen LogP contribution in [0.4, 0.5) is 0 Å². The largest absolute Gasteiger partial charge is 0.303 e. The van der Waals surface area contributed by atoms with E-state index in [1.807, 2.05) is 0 Å². The molecular weight excluding hydrogens is 242 g/mol. The van der Waals surface area contributed by atoms with E-state index in [1.54, 1.807) is 11.8 Å². The molecule has 0 amide bonds. The summed E-state index contributed by atoms with van der Waals surface area (Å²) in [6.45, 7) is 3.70. The van der Waals surface area contributed by atoms with Gasteiger partial charge in [-0.1, -0.05) is 29.9 Å². The van der Waals surface area contributed by atoms with Gasteiger partial charge >= 0.3 is 0 Å². The normalized spacial score (nSPS) is 20.1. The summed E-state index contributed by atoms with van der Waals surface area (Å²) in [5, 5.41) is 10.3. The minimum Gasteiger partial charge on any atom is -0.303 e. The van der Waals surface area contributed by atoms with Gasteiger partial charge in [-0.15, -0.1) is 10.2 Å². The van der Waals surface area contributed by atoms with Crippen LogP contribution in [0.15, 0.2) is 16.8 Å². The van der Waals surface area contributed by atoms with Gasteiger partial charge in [0.05, 0.1) is 0 Å². The second-order valence-corrected chi connectivity index (χ2v) is 6.00. The van der Waals surface area contributed by atoms with Gasteiger partial charge in [0.25, 0.3) is 0 Å². The first-order chi connectivity index (χ1) is 7.75. The zero-order chi connectivity index (χ0) is 11.1. The summed E-state index contributed by atoms with van der Waals surface area (Å²) in [6.07, 6.45) is 5.09. The van der Waals surface area contributed by atoms with Crippen LogP contribution in [0.5, 0.6) is 0 Å². The molecule has 16 heavy (non-hydrogen) atoms. The van der Waals surface area contributed by atoms with E-state index >= 15 is 0 Å². The summed E-state index contributed by atoms with van der Waals surface area (Å²) in [5.41, 5.74) is 0. The number of aromatic nitrogens is 3. The molecule has 0 N–H and O–H groups in total. The molecule has 0 saturated heterocycles. The molecule has 1 aromatic heterocycles. The van der Waals surface area contributed by atoms with Crippen molar-refractivity contribution in [3.05, 3.63) is 17.4 Å². The minimum absolute atomic E-state index is 0.650. The maximum Gasteiger partial charge on any atom is 0.191 e. The Morgan fingerprint density at radius 1 is 1.38 bits per heavy atom. The van der Waals surface area contributed by atoms with Crippen molar-refractivity contribution in [2.75, 3.05) is 5.75 Å². The number of rotatable bonds is 5. The van der Waals surface area contributed by atoms with Crippen molar-refractivity contribution >= 4 is 23.4 Å². The van der Waals surface area contributed by atoms with E-state index in [4.69, 9.17) is 11.6 Å². The van der Waals surface area contributed by atoms with Gasteiger partial charge in [0.1, 0.15) is 5.82 Å². The first-order valence-electron chi connectivity index (χ1n) is 5.66. The molecule has 2 saturated carbocycles. The van der Waals surface area contributed by atoms with Crippen LogP contribution in [0.3, 0.4) is 0 Å². The topological polar surface area (TPSA) is 30.7 Å². The molecule has 5 heteroatoms. The Hall–Kier alpha value is -0.480. The maximum absolute atomic E-state index is 5.78. The van der Waals surface area contributed by atoms with Crippen molar-refractivity contribution in [1.29, 1.82) is 0 Å². The zero-order valence-corrected chi connectivity index (χ0v) is 10.6. The fourth-order valence-corrected chi connectivity index (χ4v) is 2.76. The third-order valence-electron chi connectivity index (χ3n) is 2.90.